The van der Waals surface area contributed by atoms with Gasteiger partial charge >= 0.3 is 0 Å². The number of carbonyl (C=O) groups excluding carboxylic acids is 2. The minimum atomic E-state index is -0.233. The van der Waals surface area contributed by atoms with Crippen LogP contribution in [0.2, 0.25) is 0 Å². The van der Waals surface area contributed by atoms with Crippen LogP contribution >= 0.6 is 0 Å². The molecule has 0 aliphatic rings. The highest BCUT2D eigenvalue weighted by atomic mass is 16.2. The predicted molar refractivity (Wildman–Crippen MR) is 110 cm³/mol. The number of hydrogen-bond donors (Lipinski definition) is 1. The number of nitrogens with one attached hydrogen (secondary N) is 1. The summed E-state index contributed by atoms with van der Waals surface area (Å²) in [7, 11) is 3.39. The van der Waals surface area contributed by atoms with Crippen LogP contribution in [0.3, 0.4) is 0 Å². The van der Waals surface area contributed by atoms with Gasteiger partial charge in [-0.3, -0.25) is 14.3 Å². The fraction of sp³-hybridized carbons (Fsp3) is 0.227. The molecule has 2 amide bonds. The first-order chi connectivity index (χ1) is 13.4. The summed E-state index contributed by atoms with van der Waals surface area (Å²) in [4.78, 5) is 26.5. The Labute approximate surface area is 164 Å². The summed E-state index contributed by atoms with van der Waals surface area (Å²) in [6.45, 7) is 4.33. The van der Waals surface area contributed by atoms with Crippen molar-refractivity contribution in [3.05, 3.63) is 82.7 Å². The van der Waals surface area contributed by atoms with Crippen molar-refractivity contribution in [3.63, 3.8) is 0 Å². The van der Waals surface area contributed by atoms with Gasteiger partial charge in [-0.1, -0.05) is 36.4 Å². The first-order valence-electron chi connectivity index (χ1n) is 9.08. The van der Waals surface area contributed by atoms with E-state index in [-0.39, 0.29) is 11.8 Å². The zero-order chi connectivity index (χ0) is 20.3. The number of carbonyl (C=O) groups is 2. The first kappa shape index (κ1) is 19.4. The van der Waals surface area contributed by atoms with Gasteiger partial charge in [0.1, 0.15) is 0 Å². The maximum Gasteiger partial charge on any atom is 0.259 e. The average molecular weight is 376 g/mol. The van der Waals surface area contributed by atoms with Gasteiger partial charge in [-0.25, -0.2) is 0 Å². The Kier molecular flexibility index (Phi) is 5.59. The van der Waals surface area contributed by atoms with E-state index < -0.39 is 0 Å². The molecule has 0 spiro atoms. The van der Waals surface area contributed by atoms with E-state index in [1.165, 1.54) is 4.90 Å². The lowest BCUT2D eigenvalue weighted by molar-refractivity contribution is 0.0827. The zero-order valence-electron chi connectivity index (χ0n) is 16.6. The van der Waals surface area contributed by atoms with E-state index in [0.29, 0.717) is 29.1 Å². The molecule has 0 unspecified atom stereocenters. The Morgan fingerprint density at radius 2 is 1.75 bits per heavy atom. The molecule has 2 aromatic carbocycles. The maximum atomic E-state index is 12.9. The minimum absolute atomic E-state index is 0.112. The molecule has 0 aliphatic carbocycles. The quantitative estimate of drug-likeness (QED) is 0.741. The van der Waals surface area contributed by atoms with Gasteiger partial charge in [0, 0.05) is 31.0 Å². The highest BCUT2D eigenvalue weighted by Crippen LogP contribution is 2.18. The van der Waals surface area contributed by atoms with Gasteiger partial charge in [0.25, 0.3) is 11.8 Å². The van der Waals surface area contributed by atoms with Gasteiger partial charge in [0.2, 0.25) is 0 Å². The van der Waals surface area contributed by atoms with Crippen molar-refractivity contribution in [1.29, 1.82) is 0 Å². The summed E-state index contributed by atoms with van der Waals surface area (Å²) in [6.07, 6.45) is 0. The second-order valence-corrected chi connectivity index (χ2v) is 6.92. The van der Waals surface area contributed by atoms with Gasteiger partial charge in [-0.2, -0.15) is 5.10 Å². The molecule has 0 radical (unpaired) electrons. The Morgan fingerprint density at radius 1 is 1.04 bits per heavy atom. The summed E-state index contributed by atoms with van der Waals surface area (Å²) in [5.74, 6) is -0.345. The normalized spacial score (nSPS) is 10.6. The average Bonchev–Trinajstić information content (AvgIpc) is 2.95. The maximum absolute atomic E-state index is 12.9. The summed E-state index contributed by atoms with van der Waals surface area (Å²) in [5, 5.41) is 7.42. The molecule has 28 heavy (non-hydrogen) atoms. The van der Waals surface area contributed by atoms with E-state index in [1.807, 2.05) is 48.9 Å². The van der Waals surface area contributed by atoms with E-state index in [1.54, 1.807) is 38.4 Å². The van der Waals surface area contributed by atoms with Crippen LogP contribution in [0.1, 0.15) is 37.7 Å². The van der Waals surface area contributed by atoms with Gasteiger partial charge < -0.3 is 10.2 Å². The van der Waals surface area contributed by atoms with Gasteiger partial charge in [-0.15, -0.1) is 0 Å². The van der Waals surface area contributed by atoms with Crippen molar-refractivity contribution < 1.29 is 9.59 Å². The fourth-order valence-corrected chi connectivity index (χ4v) is 3.12. The van der Waals surface area contributed by atoms with Crippen molar-refractivity contribution in [2.24, 2.45) is 0 Å². The number of amides is 2. The van der Waals surface area contributed by atoms with Crippen molar-refractivity contribution in [2.45, 2.75) is 20.4 Å². The largest absolute Gasteiger partial charge is 0.345 e. The molecular formula is C22H24N4O2. The molecule has 1 heterocycles. The van der Waals surface area contributed by atoms with Crippen LogP contribution in [0, 0.1) is 13.8 Å². The molecule has 0 saturated heterocycles. The molecular weight excluding hydrogens is 352 g/mol. The number of benzene rings is 2. The SMILES string of the molecule is Cc1nn(Cc2ccccc2)c(C)c1C(=O)Nc1cccc(C(=O)N(C)C)c1. The lowest BCUT2D eigenvalue weighted by Crippen LogP contribution is -2.22. The summed E-state index contributed by atoms with van der Waals surface area (Å²) in [6, 6.07) is 16.9. The highest BCUT2D eigenvalue weighted by Gasteiger charge is 2.19. The van der Waals surface area contributed by atoms with Gasteiger partial charge in [0.15, 0.2) is 0 Å². The molecule has 6 nitrogen and oxygen atoms in total. The van der Waals surface area contributed by atoms with E-state index in [9.17, 15) is 9.59 Å². The van der Waals surface area contributed by atoms with Crippen LogP contribution < -0.4 is 5.32 Å². The van der Waals surface area contributed by atoms with Gasteiger partial charge in [-0.05, 0) is 37.6 Å². The fourth-order valence-electron chi connectivity index (χ4n) is 3.12. The molecule has 6 heteroatoms. The van der Waals surface area contributed by atoms with Crippen LogP contribution in [0.25, 0.3) is 0 Å². The smallest absolute Gasteiger partial charge is 0.259 e. The summed E-state index contributed by atoms with van der Waals surface area (Å²) in [5.41, 5.74) is 4.25. The summed E-state index contributed by atoms with van der Waals surface area (Å²) >= 11 is 0. The number of anilines is 1. The Morgan fingerprint density at radius 3 is 2.43 bits per heavy atom. The van der Waals surface area contributed by atoms with Crippen LogP contribution in [-0.4, -0.2) is 40.6 Å². The molecule has 3 aromatic rings. The van der Waals surface area contributed by atoms with Gasteiger partial charge in [0.05, 0.1) is 17.8 Å². The Bertz CT molecular complexity index is 1010. The number of aryl methyl sites for hydroxylation is 1. The third-order valence-corrected chi connectivity index (χ3v) is 4.56. The molecule has 0 bridgehead atoms. The molecule has 144 valence electrons. The summed E-state index contributed by atoms with van der Waals surface area (Å²) < 4.78 is 1.84. The molecule has 3 rings (SSSR count). The molecule has 0 saturated carbocycles. The van der Waals surface area contributed by atoms with Crippen molar-refractivity contribution in [3.8, 4) is 0 Å². The van der Waals surface area contributed by atoms with Crippen molar-refractivity contribution >= 4 is 17.5 Å². The number of aromatic nitrogens is 2. The van der Waals surface area contributed by atoms with Crippen molar-refractivity contribution in [2.75, 3.05) is 19.4 Å². The van der Waals surface area contributed by atoms with Crippen LogP contribution in [-0.2, 0) is 6.54 Å². The standard InChI is InChI=1S/C22H24N4O2/c1-15-20(16(2)26(24-15)14-17-9-6-5-7-10-17)21(27)23-19-12-8-11-18(13-19)22(28)25(3)4/h5-13H,14H2,1-4H3,(H,23,27). The second kappa shape index (κ2) is 8.08. The lowest BCUT2D eigenvalue weighted by Gasteiger charge is -2.12. The molecule has 1 aromatic heterocycles. The number of rotatable bonds is 5. The molecule has 0 aliphatic heterocycles. The van der Waals surface area contributed by atoms with E-state index in [4.69, 9.17) is 0 Å². The van der Waals surface area contributed by atoms with Crippen molar-refractivity contribution in [1.82, 2.24) is 14.7 Å². The second-order valence-electron chi connectivity index (χ2n) is 6.92. The number of nitrogens with zero attached hydrogens (tertiary/aromatic N) is 3. The van der Waals surface area contributed by atoms with E-state index in [2.05, 4.69) is 10.4 Å². The highest BCUT2D eigenvalue weighted by molar-refractivity contribution is 6.06. The molecule has 1 N–H and O–H groups in total. The number of hydrogen-bond acceptors (Lipinski definition) is 3. The Hall–Kier alpha value is -3.41. The monoisotopic (exact) mass is 376 g/mol. The topological polar surface area (TPSA) is 67.2 Å². The van der Waals surface area contributed by atoms with Crippen LogP contribution in [0.15, 0.2) is 54.6 Å². The molecule has 0 atom stereocenters. The minimum Gasteiger partial charge on any atom is -0.345 e. The van der Waals surface area contributed by atoms with E-state index in [0.717, 1.165) is 11.3 Å². The zero-order valence-corrected chi connectivity index (χ0v) is 16.6. The van der Waals surface area contributed by atoms with Crippen LogP contribution in [0.4, 0.5) is 5.69 Å². The predicted octanol–water partition coefficient (Wildman–Crippen LogP) is 3.50. The first-order valence-corrected chi connectivity index (χ1v) is 9.08. The lowest BCUT2D eigenvalue weighted by atomic mass is 10.1. The third-order valence-electron chi connectivity index (χ3n) is 4.56. The van der Waals surface area contributed by atoms with E-state index >= 15 is 0 Å². The third kappa shape index (κ3) is 4.11. The Balaban J connectivity index is 1.82. The molecule has 0 fully saturated rings. The van der Waals surface area contributed by atoms with Crippen LogP contribution in [0.5, 0.6) is 0 Å².